The summed E-state index contributed by atoms with van der Waals surface area (Å²) in [5.74, 6) is -0.799. The largest absolute Gasteiger partial charge is 0.495 e. The van der Waals surface area contributed by atoms with Crippen LogP contribution in [0.15, 0.2) is 41.3 Å². The maximum absolute atomic E-state index is 13.3. The minimum atomic E-state index is -3.99. The summed E-state index contributed by atoms with van der Waals surface area (Å²) in [5.41, 5.74) is 0.922. The Morgan fingerprint density at radius 2 is 1.92 bits per heavy atom. The van der Waals surface area contributed by atoms with Crippen LogP contribution >= 0.6 is 11.6 Å². The van der Waals surface area contributed by atoms with Crippen LogP contribution in [-0.2, 0) is 14.8 Å². The Labute approximate surface area is 156 Å². The summed E-state index contributed by atoms with van der Waals surface area (Å²) in [5, 5.41) is 2.63. The molecule has 0 aliphatic heterocycles. The van der Waals surface area contributed by atoms with E-state index in [9.17, 15) is 17.6 Å². The van der Waals surface area contributed by atoms with Gasteiger partial charge in [-0.25, -0.2) is 12.8 Å². The van der Waals surface area contributed by atoms with Gasteiger partial charge in [0.2, 0.25) is 15.9 Å². The van der Waals surface area contributed by atoms with Gasteiger partial charge in [-0.2, -0.15) is 4.72 Å². The van der Waals surface area contributed by atoms with E-state index in [-0.39, 0.29) is 15.6 Å². The van der Waals surface area contributed by atoms with Crippen LogP contribution in [0.3, 0.4) is 0 Å². The number of benzene rings is 2. The number of methoxy groups -OCH3 is 1. The number of carbonyl (C=O) groups is 1. The van der Waals surface area contributed by atoms with Crippen molar-refractivity contribution in [3.8, 4) is 5.75 Å². The van der Waals surface area contributed by atoms with E-state index in [1.807, 2.05) is 0 Å². The molecule has 9 heteroatoms. The highest BCUT2D eigenvalue weighted by molar-refractivity contribution is 7.89. The van der Waals surface area contributed by atoms with Crippen molar-refractivity contribution in [1.82, 2.24) is 4.72 Å². The van der Waals surface area contributed by atoms with Crippen molar-refractivity contribution in [3.05, 3.63) is 52.8 Å². The Morgan fingerprint density at radius 3 is 2.54 bits per heavy atom. The van der Waals surface area contributed by atoms with Gasteiger partial charge in [-0.3, -0.25) is 4.79 Å². The molecule has 0 saturated carbocycles. The molecule has 2 aromatic rings. The molecule has 0 heterocycles. The quantitative estimate of drug-likeness (QED) is 0.780. The first kappa shape index (κ1) is 20.2. The molecule has 0 aromatic heterocycles. The molecule has 0 aliphatic rings. The van der Waals surface area contributed by atoms with Gasteiger partial charge in [0.25, 0.3) is 0 Å². The van der Waals surface area contributed by atoms with Crippen molar-refractivity contribution in [3.63, 3.8) is 0 Å². The summed E-state index contributed by atoms with van der Waals surface area (Å²) in [6, 6.07) is 6.81. The number of nitrogens with one attached hydrogen (secondary N) is 2. The second-order valence-electron chi connectivity index (χ2n) is 5.59. The number of aryl methyl sites for hydroxylation is 1. The summed E-state index contributed by atoms with van der Waals surface area (Å²) in [6.07, 6.45) is 0. The highest BCUT2D eigenvalue weighted by Gasteiger charge is 2.23. The lowest BCUT2D eigenvalue weighted by molar-refractivity contribution is -0.117. The number of ether oxygens (including phenoxy) is 1. The first-order valence-electron chi connectivity index (χ1n) is 7.57. The van der Waals surface area contributed by atoms with Gasteiger partial charge in [-0.1, -0.05) is 17.7 Å². The normalized spacial score (nSPS) is 12.5. The molecule has 0 radical (unpaired) electrons. The number of hydrogen-bond acceptors (Lipinski definition) is 4. The van der Waals surface area contributed by atoms with Crippen molar-refractivity contribution in [2.75, 3.05) is 12.4 Å². The van der Waals surface area contributed by atoms with Crippen molar-refractivity contribution >= 4 is 33.2 Å². The van der Waals surface area contributed by atoms with Crippen LogP contribution in [0.4, 0.5) is 10.1 Å². The lowest BCUT2D eigenvalue weighted by Crippen LogP contribution is -2.41. The van der Waals surface area contributed by atoms with Crippen molar-refractivity contribution in [2.24, 2.45) is 0 Å². The van der Waals surface area contributed by atoms with Gasteiger partial charge in [0.1, 0.15) is 11.6 Å². The first-order valence-corrected chi connectivity index (χ1v) is 9.43. The van der Waals surface area contributed by atoms with Gasteiger partial charge >= 0.3 is 0 Å². The van der Waals surface area contributed by atoms with E-state index in [0.29, 0.717) is 11.3 Å². The number of anilines is 1. The van der Waals surface area contributed by atoms with E-state index in [1.165, 1.54) is 44.4 Å². The fraction of sp³-hybridized carbons (Fsp3) is 0.235. The molecular formula is C17H18ClFN2O4S. The molecule has 0 fully saturated rings. The van der Waals surface area contributed by atoms with Crippen molar-refractivity contribution < 1.29 is 22.3 Å². The lowest BCUT2D eigenvalue weighted by atomic mass is 10.2. The summed E-state index contributed by atoms with van der Waals surface area (Å²) in [7, 11) is -2.58. The number of sulfonamides is 1. The number of halogens is 2. The number of rotatable bonds is 6. The Kier molecular flexibility index (Phi) is 6.22. The fourth-order valence-electron chi connectivity index (χ4n) is 2.14. The molecule has 2 rings (SSSR count). The van der Waals surface area contributed by atoms with E-state index in [1.54, 1.807) is 6.92 Å². The molecule has 2 N–H and O–H groups in total. The van der Waals surface area contributed by atoms with Gasteiger partial charge in [0.05, 0.1) is 23.1 Å². The van der Waals surface area contributed by atoms with Gasteiger partial charge in [0.15, 0.2) is 0 Å². The molecule has 0 aliphatic carbocycles. The third kappa shape index (κ3) is 4.72. The van der Waals surface area contributed by atoms with E-state index < -0.39 is 27.8 Å². The molecule has 1 atom stereocenters. The molecule has 2 aromatic carbocycles. The van der Waals surface area contributed by atoms with Gasteiger partial charge in [0, 0.05) is 5.69 Å². The predicted octanol–water partition coefficient (Wildman–Crippen LogP) is 3.10. The third-order valence-electron chi connectivity index (χ3n) is 3.62. The van der Waals surface area contributed by atoms with E-state index >= 15 is 0 Å². The average molecular weight is 401 g/mol. The van der Waals surface area contributed by atoms with Crippen LogP contribution in [-0.4, -0.2) is 27.5 Å². The Bertz CT molecular complexity index is 934. The topological polar surface area (TPSA) is 84.5 Å². The molecule has 1 amide bonds. The Hall–Kier alpha value is -2.16. The van der Waals surface area contributed by atoms with Crippen LogP contribution in [0, 0.1) is 12.7 Å². The van der Waals surface area contributed by atoms with Crippen LogP contribution in [0.1, 0.15) is 12.5 Å². The summed E-state index contributed by atoms with van der Waals surface area (Å²) < 4.78 is 45.4. The minimum Gasteiger partial charge on any atom is -0.495 e. The first-order chi connectivity index (χ1) is 12.1. The highest BCUT2D eigenvalue weighted by Crippen LogP contribution is 2.27. The standard InChI is InChI=1S/C17H18ClFN2O4S/c1-10-4-5-12(19)8-15(10)20-17(22)11(2)21-26(23,24)13-6-7-16(25-3)14(18)9-13/h4-9,11,21H,1-3H3,(H,20,22)/t11-/m1/s1. The molecule has 140 valence electrons. The zero-order valence-electron chi connectivity index (χ0n) is 14.3. The van der Waals surface area contributed by atoms with Crippen LogP contribution in [0.2, 0.25) is 5.02 Å². The molecular weight excluding hydrogens is 383 g/mol. The maximum atomic E-state index is 13.3. The summed E-state index contributed by atoms with van der Waals surface area (Å²) >= 11 is 5.94. The summed E-state index contributed by atoms with van der Waals surface area (Å²) in [6.45, 7) is 3.08. The molecule has 0 saturated heterocycles. The molecule has 0 spiro atoms. The molecule has 0 bridgehead atoms. The van der Waals surface area contributed by atoms with Gasteiger partial charge in [-0.15, -0.1) is 0 Å². The SMILES string of the molecule is COc1ccc(S(=O)(=O)N[C@H](C)C(=O)Nc2cc(F)ccc2C)cc1Cl. The second kappa shape index (κ2) is 8.03. The molecule has 0 unspecified atom stereocenters. The fourth-order valence-corrected chi connectivity index (χ4v) is 3.69. The maximum Gasteiger partial charge on any atom is 0.242 e. The van der Waals surface area contributed by atoms with E-state index in [2.05, 4.69) is 10.0 Å². The number of carbonyl (C=O) groups excluding carboxylic acids is 1. The zero-order valence-corrected chi connectivity index (χ0v) is 15.9. The Morgan fingerprint density at radius 1 is 1.23 bits per heavy atom. The smallest absolute Gasteiger partial charge is 0.242 e. The van der Waals surface area contributed by atoms with Crippen LogP contribution in [0.5, 0.6) is 5.75 Å². The summed E-state index contributed by atoms with van der Waals surface area (Å²) in [4.78, 5) is 12.1. The molecule has 6 nitrogen and oxygen atoms in total. The van der Waals surface area contributed by atoms with Crippen molar-refractivity contribution in [1.29, 1.82) is 0 Å². The lowest BCUT2D eigenvalue weighted by Gasteiger charge is -2.16. The Balaban J connectivity index is 2.14. The average Bonchev–Trinajstić information content (AvgIpc) is 2.57. The van der Waals surface area contributed by atoms with E-state index in [4.69, 9.17) is 16.3 Å². The van der Waals surface area contributed by atoms with Crippen LogP contribution in [0.25, 0.3) is 0 Å². The number of hydrogen-bond donors (Lipinski definition) is 2. The highest BCUT2D eigenvalue weighted by atomic mass is 35.5. The second-order valence-corrected chi connectivity index (χ2v) is 7.71. The monoisotopic (exact) mass is 400 g/mol. The van der Waals surface area contributed by atoms with Gasteiger partial charge < -0.3 is 10.1 Å². The van der Waals surface area contributed by atoms with Crippen molar-refractivity contribution in [2.45, 2.75) is 24.8 Å². The minimum absolute atomic E-state index is 0.107. The van der Waals surface area contributed by atoms with Gasteiger partial charge in [-0.05, 0) is 49.7 Å². The molecule has 26 heavy (non-hydrogen) atoms. The predicted molar refractivity (Wildman–Crippen MR) is 97.6 cm³/mol. The number of amides is 1. The van der Waals surface area contributed by atoms with Crippen LogP contribution < -0.4 is 14.8 Å². The van der Waals surface area contributed by atoms with E-state index in [0.717, 1.165) is 6.07 Å². The zero-order chi connectivity index (χ0) is 19.5. The third-order valence-corrected chi connectivity index (χ3v) is 5.45.